The zero-order valence-corrected chi connectivity index (χ0v) is 33.9. The van der Waals surface area contributed by atoms with Gasteiger partial charge >= 0.3 is 5.97 Å². The van der Waals surface area contributed by atoms with Crippen molar-refractivity contribution in [3.63, 3.8) is 0 Å². The van der Waals surface area contributed by atoms with E-state index in [1.54, 1.807) is 0 Å². The van der Waals surface area contributed by atoms with Crippen LogP contribution in [0, 0.1) is 50.2 Å². The fourth-order valence-corrected chi connectivity index (χ4v) is 13.7. The van der Waals surface area contributed by atoms with E-state index >= 15 is 0 Å². The Hall–Kier alpha value is -1.27. The minimum Gasteiger partial charge on any atom is -0.481 e. The van der Waals surface area contributed by atoms with Gasteiger partial charge in [0, 0.05) is 5.41 Å². The van der Waals surface area contributed by atoms with Gasteiger partial charge in [0.25, 0.3) is 0 Å². The van der Waals surface area contributed by atoms with Crippen molar-refractivity contribution in [1.29, 1.82) is 0 Å². The first-order valence-electron chi connectivity index (χ1n) is 21.0. The van der Waals surface area contributed by atoms with Crippen molar-refractivity contribution in [2.75, 3.05) is 19.8 Å². The van der Waals surface area contributed by atoms with Gasteiger partial charge in [-0.1, -0.05) is 53.2 Å². The molecule has 1 unspecified atom stereocenters. The Morgan fingerprint density at radius 2 is 1.36 bits per heavy atom. The molecule has 0 aromatic carbocycles. The standard InChI is InChI=1S/C42H68O14/c1-37(2)13-15-42(36(51)52)16-14-40(5)21(22(42)17-37)7-8-26-38(3)11-10-27(39(4,20-45)25(38)9-12-41(26,40)6)55-34-32(50)30(48)33(24(19-44)54-34)56-35-31(49)29(47)28(46)23(18-43)53-35/h7,22-35,43-50H,8-20H2,1-6H3,(H,51,52)/t22-,23+,24+,25?,26+,27-,28+,29-,30+,31+,32+,33+,34-,35+,38-,39-,40+,41+,42-/m0/s1. The van der Waals surface area contributed by atoms with Crippen molar-refractivity contribution >= 4 is 5.97 Å². The third kappa shape index (κ3) is 6.21. The van der Waals surface area contributed by atoms with Gasteiger partial charge in [0.15, 0.2) is 12.6 Å². The quantitative estimate of drug-likeness (QED) is 0.126. The normalized spacial score (nSPS) is 54.1. The molecule has 0 radical (unpaired) electrons. The minimum absolute atomic E-state index is 0.0138. The van der Waals surface area contributed by atoms with Gasteiger partial charge in [0.1, 0.15) is 48.8 Å². The van der Waals surface area contributed by atoms with Gasteiger partial charge in [-0.2, -0.15) is 0 Å². The smallest absolute Gasteiger partial charge is 0.310 e. The van der Waals surface area contributed by atoms with E-state index in [2.05, 4.69) is 40.7 Å². The molecule has 4 saturated carbocycles. The predicted octanol–water partition coefficient (Wildman–Crippen LogP) is 1.85. The number of carbonyl (C=O) groups is 1. The number of aliphatic hydroxyl groups is 8. The Bertz CT molecular complexity index is 1500. The summed E-state index contributed by atoms with van der Waals surface area (Å²) in [6.07, 6.45) is -5.71. The first-order valence-corrected chi connectivity index (χ1v) is 21.0. The number of carboxylic acid groups (broad SMARTS) is 1. The van der Waals surface area contributed by atoms with Gasteiger partial charge in [-0.15, -0.1) is 0 Å². The predicted molar refractivity (Wildman–Crippen MR) is 199 cm³/mol. The number of hydrogen-bond donors (Lipinski definition) is 9. The van der Waals surface area contributed by atoms with Crippen LogP contribution in [0.5, 0.6) is 0 Å². The van der Waals surface area contributed by atoms with E-state index in [0.29, 0.717) is 19.3 Å². The first kappa shape index (κ1) is 42.8. The molecule has 14 nitrogen and oxygen atoms in total. The zero-order valence-electron chi connectivity index (χ0n) is 33.9. The number of ether oxygens (including phenoxy) is 4. The Balaban J connectivity index is 1.10. The number of aliphatic hydroxyl groups excluding tert-OH is 8. The Labute approximate surface area is 330 Å². The van der Waals surface area contributed by atoms with Crippen molar-refractivity contribution in [1.82, 2.24) is 0 Å². The summed E-state index contributed by atoms with van der Waals surface area (Å²) in [6, 6.07) is 0. The third-order valence-corrected chi connectivity index (χ3v) is 17.4. The fourth-order valence-electron chi connectivity index (χ4n) is 13.7. The van der Waals surface area contributed by atoms with E-state index in [9.17, 15) is 50.8 Å². The second-order valence-corrected chi connectivity index (χ2v) is 20.5. The molecule has 2 saturated heterocycles. The zero-order chi connectivity index (χ0) is 41.0. The summed E-state index contributed by atoms with van der Waals surface area (Å²) in [5.74, 6) is -0.324. The summed E-state index contributed by atoms with van der Waals surface area (Å²) in [7, 11) is 0. The van der Waals surface area contributed by atoms with Crippen molar-refractivity contribution in [2.45, 2.75) is 173 Å². The average Bonchev–Trinajstić information content (AvgIpc) is 3.15. The maximum Gasteiger partial charge on any atom is 0.310 e. The van der Waals surface area contributed by atoms with Gasteiger partial charge in [-0.05, 0) is 104 Å². The molecule has 7 rings (SSSR count). The lowest BCUT2D eigenvalue weighted by Gasteiger charge is -2.71. The Morgan fingerprint density at radius 3 is 2.00 bits per heavy atom. The fraction of sp³-hybridized carbons (Fsp3) is 0.929. The van der Waals surface area contributed by atoms with Crippen molar-refractivity contribution in [2.24, 2.45) is 50.2 Å². The minimum atomic E-state index is -1.77. The van der Waals surface area contributed by atoms with Crippen LogP contribution in [-0.2, 0) is 23.7 Å². The third-order valence-electron chi connectivity index (χ3n) is 17.4. The highest BCUT2D eigenvalue weighted by atomic mass is 16.7. The highest BCUT2D eigenvalue weighted by Gasteiger charge is 2.70. The molecular weight excluding hydrogens is 728 g/mol. The second-order valence-electron chi connectivity index (χ2n) is 20.5. The summed E-state index contributed by atoms with van der Waals surface area (Å²) in [5.41, 5.74) is -0.474. The van der Waals surface area contributed by atoms with Crippen LogP contribution in [0.15, 0.2) is 11.6 Å². The van der Waals surface area contributed by atoms with E-state index in [0.717, 1.165) is 44.9 Å². The van der Waals surface area contributed by atoms with Crippen molar-refractivity contribution in [3.05, 3.63) is 11.6 Å². The Morgan fingerprint density at radius 1 is 0.732 bits per heavy atom. The first-order chi connectivity index (χ1) is 26.2. The van der Waals surface area contributed by atoms with Crippen LogP contribution in [-0.4, -0.2) is 139 Å². The summed E-state index contributed by atoms with van der Waals surface area (Å²) in [4.78, 5) is 13.0. The van der Waals surface area contributed by atoms with Gasteiger partial charge < -0.3 is 64.9 Å². The van der Waals surface area contributed by atoms with E-state index in [1.807, 2.05) is 6.92 Å². The summed E-state index contributed by atoms with van der Waals surface area (Å²) < 4.78 is 23.8. The van der Waals surface area contributed by atoms with Crippen LogP contribution in [0.2, 0.25) is 0 Å². The summed E-state index contributed by atoms with van der Waals surface area (Å²) in [6.45, 7) is 12.2. The molecule has 320 valence electrons. The number of rotatable bonds is 8. The van der Waals surface area contributed by atoms with E-state index in [-0.39, 0.29) is 46.0 Å². The molecule has 19 atom stereocenters. The molecule has 6 fully saturated rings. The molecular formula is C42H68O14. The number of carboxylic acids is 1. The lowest BCUT2D eigenvalue weighted by molar-refractivity contribution is -0.369. The maximum absolute atomic E-state index is 13.0. The maximum atomic E-state index is 13.0. The van der Waals surface area contributed by atoms with Gasteiger partial charge in [-0.3, -0.25) is 4.79 Å². The molecule has 7 aliphatic rings. The van der Waals surface area contributed by atoms with Crippen molar-refractivity contribution < 1.29 is 69.7 Å². The molecule has 14 heteroatoms. The molecule has 2 aliphatic heterocycles. The van der Waals surface area contributed by atoms with E-state index in [4.69, 9.17) is 18.9 Å². The average molecular weight is 797 g/mol. The molecule has 0 bridgehead atoms. The van der Waals surface area contributed by atoms with Crippen LogP contribution in [0.3, 0.4) is 0 Å². The van der Waals surface area contributed by atoms with Crippen LogP contribution < -0.4 is 0 Å². The van der Waals surface area contributed by atoms with Gasteiger partial charge in [-0.25, -0.2) is 0 Å². The SMILES string of the molecule is CC1(C)CC[C@]2(C(=O)O)CC[C@]3(C)C(=CC[C@@H]4[C@@]5(C)CC[C@H](O[C@@H]6O[C@H](CO)[C@@H](O[C@H]7O[C@H](CO)[C@@H](O)[C@H](O)[C@H]7O)[C@H](O)[C@H]6O)[C@@](C)(CO)C5CC[C@]43C)[C@@H]2C1. The van der Waals surface area contributed by atoms with Crippen LogP contribution >= 0.6 is 0 Å². The summed E-state index contributed by atoms with van der Waals surface area (Å²) in [5, 5.41) is 95.5. The largest absolute Gasteiger partial charge is 0.481 e. The number of aliphatic carboxylic acids is 1. The van der Waals surface area contributed by atoms with E-state index in [1.165, 1.54) is 5.57 Å². The van der Waals surface area contributed by atoms with Gasteiger partial charge in [0.2, 0.25) is 0 Å². The molecule has 0 amide bonds. The topological polar surface area (TPSA) is 236 Å². The molecule has 0 aromatic heterocycles. The number of allylic oxidation sites excluding steroid dienone is 2. The van der Waals surface area contributed by atoms with Crippen molar-refractivity contribution in [3.8, 4) is 0 Å². The Kier molecular flexibility index (Phi) is 11.3. The highest BCUT2D eigenvalue weighted by Crippen LogP contribution is 2.76. The van der Waals surface area contributed by atoms with E-state index < -0.39 is 97.5 Å². The lowest BCUT2D eigenvalue weighted by atomic mass is 9.33. The number of hydrogen-bond acceptors (Lipinski definition) is 13. The molecule has 0 spiro atoms. The van der Waals surface area contributed by atoms with Gasteiger partial charge in [0.05, 0.1) is 31.3 Å². The molecule has 5 aliphatic carbocycles. The van der Waals surface area contributed by atoms with Crippen LogP contribution in [0.1, 0.15) is 106 Å². The monoisotopic (exact) mass is 796 g/mol. The second kappa shape index (κ2) is 14.7. The van der Waals surface area contributed by atoms with Crippen LogP contribution in [0.4, 0.5) is 0 Å². The highest BCUT2D eigenvalue weighted by molar-refractivity contribution is 5.76. The van der Waals surface area contributed by atoms with Crippen LogP contribution in [0.25, 0.3) is 0 Å². The molecule has 9 N–H and O–H groups in total. The molecule has 56 heavy (non-hydrogen) atoms. The molecule has 0 aromatic rings. The lowest BCUT2D eigenvalue weighted by Crippen LogP contribution is -2.67. The molecule has 2 heterocycles. The summed E-state index contributed by atoms with van der Waals surface area (Å²) >= 11 is 0. The number of fused-ring (bicyclic) bond motifs is 7.